The maximum atomic E-state index is 13.3. The highest BCUT2D eigenvalue weighted by molar-refractivity contribution is 7.89. The van der Waals surface area contributed by atoms with Gasteiger partial charge in [0.2, 0.25) is 10.0 Å². The van der Waals surface area contributed by atoms with Crippen molar-refractivity contribution in [3.05, 3.63) is 64.7 Å². The Labute approximate surface area is 171 Å². The zero-order chi connectivity index (χ0) is 20.9. The van der Waals surface area contributed by atoms with Crippen molar-refractivity contribution < 1.29 is 8.42 Å². The SMILES string of the molecule is CC(C)c1cc(C(C)C)c(S(=O)(=O)NCCCc2ccccc2)c(C(C)C)c1. The standard InChI is InChI=1S/C24H35NO2S/c1-17(2)21-15-22(18(3)4)24(23(16-21)19(5)6)28(26,27)25-14-10-13-20-11-8-7-9-12-20/h7-9,11-12,15-19,25H,10,13-14H2,1-6H3. The zero-order valence-electron chi connectivity index (χ0n) is 18.1. The van der Waals surface area contributed by atoms with Gasteiger partial charge in [0, 0.05) is 6.54 Å². The van der Waals surface area contributed by atoms with Crippen molar-refractivity contribution in [3.63, 3.8) is 0 Å². The third-order valence-corrected chi connectivity index (χ3v) is 6.72. The highest BCUT2D eigenvalue weighted by atomic mass is 32.2. The lowest BCUT2D eigenvalue weighted by Crippen LogP contribution is -2.28. The fraction of sp³-hybridized carbons (Fsp3) is 0.500. The molecule has 154 valence electrons. The number of aryl methyl sites for hydroxylation is 1. The maximum Gasteiger partial charge on any atom is 0.241 e. The molecule has 2 rings (SSSR count). The molecule has 0 aliphatic heterocycles. The smallest absolute Gasteiger partial charge is 0.211 e. The molecule has 0 spiro atoms. The number of rotatable bonds is 9. The van der Waals surface area contributed by atoms with Gasteiger partial charge in [-0.3, -0.25) is 0 Å². The lowest BCUT2D eigenvalue weighted by Gasteiger charge is -2.23. The number of benzene rings is 2. The van der Waals surface area contributed by atoms with Crippen LogP contribution in [0.15, 0.2) is 47.4 Å². The second-order valence-corrected chi connectivity index (χ2v) is 10.2. The first kappa shape index (κ1) is 22.6. The molecule has 0 aliphatic carbocycles. The molecule has 0 fully saturated rings. The summed E-state index contributed by atoms with van der Waals surface area (Å²) in [6, 6.07) is 14.3. The molecular weight excluding hydrogens is 366 g/mol. The first-order chi connectivity index (χ1) is 13.1. The lowest BCUT2D eigenvalue weighted by molar-refractivity contribution is 0.573. The summed E-state index contributed by atoms with van der Waals surface area (Å²) in [6.45, 7) is 13.0. The van der Waals surface area contributed by atoms with Crippen LogP contribution in [-0.2, 0) is 16.4 Å². The van der Waals surface area contributed by atoms with Crippen LogP contribution >= 0.6 is 0 Å². The minimum absolute atomic E-state index is 0.145. The molecular formula is C24H35NO2S. The summed E-state index contributed by atoms with van der Waals surface area (Å²) in [5.74, 6) is 0.657. The summed E-state index contributed by atoms with van der Waals surface area (Å²) < 4.78 is 29.4. The number of hydrogen-bond acceptors (Lipinski definition) is 2. The molecule has 28 heavy (non-hydrogen) atoms. The third kappa shape index (κ3) is 5.68. The molecule has 0 aromatic heterocycles. The van der Waals surface area contributed by atoms with Gasteiger partial charge in [0.1, 0.15) is 0 Å². The molecule has 0 heterocycles. The van der Waals surface area contributed by atoms with E-state index in [1.807, 2.05) is 18.2 Å². The van der Waals surface area contributed by atoms with Crippen LogP contribution in [0.5, 0.6) is 0 Å². The van der Waals surface area contributed by atoms with Crippen molar-refractivity contribution in [2.75, 3.05) is 6.54 Å². The first-order valence-electron chi connectivity index (χ1n) is 10.3. The van der Waals surface area contributed by atoms with E-state index in [1.54, 1.807) is 0 Å². The largest absolute Gasteiger partial charge is 0.241 e. The van der Waals surface area contributed by atoms with Crippen LogP contribution in [-0.4, -0.2) is 15.0 Å². The molecule has 0 radical (unpaired) electrons. The minimum Gasteiger partial charge on any atom is -0.211 e. The second kappa shape index (κ2) is 9.71. The van der Waals surface area contributed by atoms with E-state index in [9.17, 15) is 8.42 Å². The molecule has 2 aromatic rings. The van der Waals surface area contributed by atoms with Crippen LogP contribution in [0.1, 0.15) is 88.0 Å². The van der Waals surface area contributed by atoms with Crippen LogP contribution in [0.3, 0.4) is 0 Å². The van der Waals surface area contributed by atoms with Crippen LogP contribution in [0.2, 0.25) is 0 Å². The average Bonchev–Trinajstić information content (AvgIpc) is 2.64. The molecule has 4 heteroatoms. The van der Waals surface area contributed by atoms with Crippen LogP contribution in [0, 0.1) is 0 Å². The normalized spacial score (nSPS) is 12.3. The predicted octanol–water partition coefficient (Wildman–Crippen LogP) is 5.97. The summed E-state index contributed by atoms with van der Waals surface area (Å²) in [5, 5.41) is 0. The monoisotopic (exact) mass is 401 g/mol. The van der Waals surface area contributed by atoms with Crippen molar-refractivity contribution in [1.29, 1.82) is 0 Å². The first-order valence-corrected chi connectivity index (χ1v) is 11.8. The Morgan fingerprint density at radius 2 is 1.36 bits per heavy atom. The van der Waals surface area contributed by atoms with Crippen molar-refractivity contribution in [3.8, 4) is 0 Å². The van der Waals surface area contributed by atoms with Gasteiger partial charge in [-0.25, -0.2) is 13.1 Å². The van der Waals surface area contributed by atoms with Gasteiger partial charge in [-0.2, -0.15) is 0 Å². The van der Waals surface area contributed by atoms with Gasteiger partial charge in [-0.05, 0) is 52.8 Å². The molecule has 0 amide bonds. The van der Waals surface area contributed by atoms with Gasteiger partial charge in [-0.1, -0.05) is 84.0 Å². The van der Waals surface area contributed by atoms with Crippen LogP contribution in [0.25, 0.3) is 0 Å². The highest BCUT2D eigenvalue weighted by Crippen LogP contribution is 2.34. The molecule has 0 saturated carbocycles. The van der Waals surface area contributed by atoms with E-state index in [0.29, 0.717) is 17.4 Å². The topological polar surface area (TPSA) is 46.2 Å². The van der Waals surface area contributed by atoms with Gasteiger partial charge >= 0.3 is 0 Å². The molecule has 2 aromatic carbocycles. The zero-order valence-corrected chi connectivity index (χ0v) is 18.9. The summed E-state index contributed by atoms with van der Waals surface area (Å²) in [4.78, 5) is 0.488. The predicted molar refractivity (Wildman–Crippen MR) is 119 cm³/mol. The number of hydrogen-bond donors (Lipinski definition) is 1. The Morgan fingerprint density at radius 1 is 0.821 bits per heavy atom. The van der Waals surface area contributed by atoms with E-state index in [0.717, 1.165) is 24.0 Å². The number of sulfonamides is 1. The third-order valence-electron chi connectivity index (χ3n) is 5.13. The molecule has 0 unspecified atom stereocenters. The van der Waals surface area contributed by atoms with Gasteiger partial charge in [0.05, 0.1) is 4.90 Å². The summed E-state index contributed by atoms with van der Waals surface area (Å²) in [7, 11) is -3.56. The summed E-state index contributed by atoms with van der Waals surface area (Å²) >= 11 is 0. The van der Waals surface area contributed by atoms with Crippen LogP contribution in [0.4, 0.5) is 0 Å². The van der Waals surface area contributed by atoms with E-state index < -0.39 is 10.0 Å². The van der Waals surface area contributed by atoms with Gasteiger partial charge < -0.3 is 0 Å². The molecule has 1 N–H and O–H groups in total. The fourth-order valence-electron chi connectivity index (χ4n) is 3.42. The molecule has 0 saturated heterocycles. The number of nitrogens with one attached hydrogen (secondary N) is 1. The summed E-state index contributed by atoms with van der Waals surface area (Å²) in [6.07, 6.45) is 1.64. The van der Waals surface area contributed by atoms with Gasteiger partial charge in [-0.15, -0.1) is 0 Å². The van der Waals surface area contributed by atoms with Crippen molar-refractivity contribution in [1.82, 2.24) is 4.72 Å². The minimum atomic E-state index is -3.56. The molecule has 0 atom stereocenters. The van der Waals surface area contributed by atoms with Gasteiger partial charge in [0.15, 0.2) is 0 Å². The summed E-state index contributed by atoms with van der Waals surface area (Å²) in [5.41, 5.74) is 4.28. The highest BCUT2D eigenvalue weighted by Gasteiger charge is 2.26. The Morgan fingerprint density at radius 3 is 1.82 bits per heavy atom. The fourth-order valence-corrected chi connectivity index (χ4v) is 5.18. The molecule has 3 nitrogen and oxygen atoms in total. The Bertz CT molecular complexity index is 840. The van der Waals surface area contributed by atoms with E-state index in [1.165, 1.54) is 11.1 Å². The van der Waals surface area contributed by atoms with E-state index >= 15 is 0 Å². The lowest BCUT2D eigenvalue weighted by atomic mass is 9.89. The van der Waals surface area contributed by atoms with Crippen molar-refractivity contribution in [2.24, 2.45) is 0 Å². The molecule has 0 bridgehead atoms. The van der Waals surface area contributed by atoms with E-state index in [-0.39, 0.29) is 11.8 Å². The van der Waals surface area contributed by atoms with Crippen molar-refractivity contribution >= 4 is 10.0 Å². The average molecular weight is 402 g/mol. The van der Waals surface area contributed by atoms with Crippen LogP contribution < -0.4 is 4.72 Å². The Kier molecular flexibility index (Phi) is 7.85. The van der Waals surface area contributed by atoms with E-state index in [4.69, 9.17) is 0 Å². The van der Waals surface area contributed by atoms with Gasteiger partial charge in [0.25, 0.3) is 0 Å². The van der Waals surface area contributed by atoms with Crippen molar-refractivity contribution in [2.45, 2.75) is 77.0 Å². The quantitative estimate of drug-likeness (QED) is 0.526. The Balaban J connectivity index is 2.29. The second-order valence-electron chi connectivity index (χ2n) is 8.48. The molecule has 0 aliphatic rings. The maximum absolute atomic E-state index is 13.3. The Hall–Kier alpha value is -1.65. The van der Waals surface area contributed by atoms with E-state index in [2.05, 4.69) is 70.5 Å².